The molecule has 0 amide bonds. The summed E-state index contributed by atoms with van der Waals surface area (Å²) < 4.78 is 11.1. The van der Waals surface area contributed by atoms with Crippen molar-refractivity contribution in [3.05, 3.63) is 96.2 Å². The highest BCUT2D eigenvalue weighted by molar-refractivity contribution is 6.24. The Morgan fingerprint density at radius 3 is 2.15 bits per heavy atom. The van der Waals surface area contributed by atoms with Crippen LogP contribution in [-0.2, 0) is 25.5 Å². The van der Waals surface area contributed by atoms with Crippen molar-refractivity contribution in [1.29, 1.82) is 0 Å². The van der Waals surface area contributed by atoms with Gasteiger partial charge in [-0.25, -0.2) is 0 Å². The minimum Gasteiger partial charge on any atom is -0.516 e. The Morgan fingerprint density at radius 2 is 1.49 bits per heavy atom. The van der Waals surface area contributed by atoms with E-state index in [2.05, 4.69) is 87.8 Å². The molecule has 0 radical (unpaired) electrons. The SMILES string of the molecule is CCc1c(C)/c2[nH]/c1=C\c1[nH]c3c(c1C)C(=O)[C@H](C(=O)OC)/C3=C1/N/C(=C\c3[nH]c(c(C=CO)c3C)\C=2)[C@@H](C)[C@@H]1CCC(=O)OC/C=C(\C)CCC[C@H](C)CCC[C@H](C)CCCC(C)C. The number of aromatic nitrogens is 3. The zero-order valence-corrected chi connectivity index (χ0v) is 41.1. The average molecular weight is 889 g/mol. The standard InChI is InChI=1S/C55H76N4O6/c1-12-39-35(7)43-29-47-40(24-26-60)36(8)42(57-47)28-44-37(9)41(52(58-44)50-51(55(63)64-11)54(62)49-38(10)45(59-53(49)50)30-46(39)56-43)22-23-48(61)65-27-25-34(6)21-15-20-33(5)19-14-18-32(4)17-13-16-31(2)3/h24-26,28-33,37,41,51,56-60H,12-23,27H2,1-11H3/b26-24?,34-25+,43-29-,44-28-,46-30-,52-50-/t32-,33-,37+,41+,51-/m1/s1. The zero-order chi connectivity index (χ0) is 47.1. The molecule has 6 rings (SSSR count). The van der Waals surface area contributed by atoms with Crippen molar-refractivity contribution in [2.75, 3.05) is 13.7 Å². The maximum atomic E-state index is 14.4. The van der Waals surface area contributed by atoms with Gasteiger partial charge in [0.25, 0.3) is 0 Å². The molecule has 5 N–H and O–H groups in total. The maximum absolute atomic E-state index is 14.4. The Hall–Kier alpha value is -5.25. The van der Waals surface area contributed by atoms with E-state index in [1.54, 1.807) is 6.08 Å². The Balaban J connectivity index is 1.23. The fourth-order valence-corrected chi connectivity index (χ4v) is 10.5. The van der Waals surface area contributed by atoms with E-state index in [1.807, 2.05) is 26.0 Å². The molecule has 1 fully saturated rings. The number of aliphatic hydroxyl groups excluding tert-OH is 1. The summed E-state index contributed by atoms with van der Waals surface area (Å²) in [5.74, 6) is -0.449. The summed E-state index contributed by atoms with van der Waals surface area (Å²) in [6.45, 7) is 22.0. The third kappa shape index (κ3) is 11.1. The van der Waals surface area contributed by atoms with Gasteiger partial charge in [0, 0.05) is 74.1 Å². The van der Waals surface area contributed by atoms with E-state index in [0.29, 0.717) is 29.2 Å². The Morgan fingerprint density at radius 1 is 0.831 bits per heavy atom. The van der Waals surface area contributed by atoms with Crippen LogP contribution in [0.5, 0.6) is 0 Å². The number of carbonyl (C=O) groups excluding carboxylic acids is 3. The van der Waals surface area contributed by atoms with Crippen LogP contribution >= 0.6 is 0 Å². The predicted octanol–water partition coefficient (Wildman–Crippen LogP) is 11.0. The number of Topliss-reactive ketones (excluding diaryl/α,β-unsaturated/α-hetero) is 1. The minimum atomic E-state index is -1.17. The summed E-state index contributed by atoms with van der Waals surface area (Å²) in [4.78, 5) is 52.3. The molecular formula is C55H76N4O6. The van der Waals surface area contributed by atoms with Crippen LogP contribution in [0.2, 0.25) is 0 Å². The van der Waals surface area contributed by atoms with Crippen molar-refractivity contribution in [2.45, 2.75) is 146 Å². The number of H-pyrrole nitrogens is 3. The second-order valence-corrected chi connectivity index (χ2v) is 19.8. The van der Waals surface area contributed by atoms with Gasteiger partial charge < -0.3 is 34.8 Å². The van der Waals surface area contributed by atoms with E-state index < -0.39 is 11.9 Å². The monoisotopic (exact) mass is 889 g/mol. The number of nitrogens with one attached hydrogen (secondary N) is 4. The molecule has 5 atom stereocenters. The van der Waals surface area contributed by atoms with E-state index >= 15 is 0 Å². The van der Waals surface area contributed by atoms with Crippen LogP contribution in [0.4, 0.5) is 0 Å². The van der Waals surface area contributed by atoms with Crippen molar-refractivity contribution in [2.24, 2.45) is 35.5 Å². The van der Waals surface area contributed by atoms with Gasteiger partial charge in [0.15, 0.2) is 5.78 Å². The number of fused-ring (bicyclic) bond motifs is 7. The molecule has 65 heavy (non-hydrogen) atoms. The number of aromatic amines is 3. The molecule has 3 aliphatic rings. The second-order valence-electron chi connectivity index (χ2n) is 19.8. The van der Waals surface area contributed by atoms with Crippen molar-refractivity contribution >= 4 is 47.6 Å². The van der Waals surface area contributed by atoms with E-state index in [-0.39, 0.29) is 36.6 Å². The van der Waals surface area contributed by atoms with E-state index in [9.17, 15) is 19.5 Å². The smallest absolute Gasteiger partial charge is 0.321 e. The Kier molecular flexibility index (Phi) is 16.5. The van der Waals surface area contributed by atoms with Gasteiger partial charge >= 0.3 is 11.9 Å². The Bertz CT molecular complexity index is 2480. The molecule has 8 bridgehead atoms. The average Bonchev–Trinajstić information content (AvgIpc) is 4.00. The van der Waals surface area contributed by atoms with Gasteiger partial charge in [-0.1, -0.05) is 92.1 Å². The number of hydrogen-bond donors (Lipinski definition) is 5. The van der Waals surface area contributed by atoms with E-state index in [1.165, 1.54) is 57.6 Å². The lowest BCUT2D eigenvalue weighted by molar-refractivity contribution is -0.143. The van der Waals surface area contributed by atoms with E-state index in [4.69, 9.17) is 9.47 Å². The molecule has 1 aliphatic carbocycles. The summed E-state index contributed by atoms with van der Waals surface area (Å²) in [5.41, 5.74) is 11.7. The topological polar surface area (TPSA) is 149 Å². The normalized spacial score (nSPS) is 22.0. The van der Waals surface area contributed by atoms with Gasteiger partial charge in [-0.15, -0.1) is 0 Å². The van der Waals surface area contributed by atoms with Crippen LogP contribution in [0.25, 0.3) is 29.9 Å². The van der Waals surface area contributed by atoms with Crippen molar-refractivity contribution in [1.82, 2.24) is 20.3 Å². The molecule has 10 heteroatoms. The molecule has 1 saturated heterocycles. The van der Waals surface area contributed by atoms with Crippen molar-refractivity contribution < 1.29 is 29.0 Å². The number of rotatable bonds is 20. The summed E-state index contributed by atoms with van der Waals surface area (Å²) >= 11 is 0. The summed E-state index contributed by atoms with van der Waals surface area (Å²) in [6, 6.07) is 0. The van der Waals surface area contributed by atoms with Gasteiger partial charge in [-0.2, -0.15) is 0 Å². The fourth-order valence-electron chi connectivity index (χ4n) is 10.5. The lowest BCUT2D eigenvalue weighted by atomic mass is 9.85. The van der Waals surface area contributed by atoms with Crippen molar-refractivity contribution in [3.63, 3.8) is 0 Å². The quantitative estimate of drug-likeness (QED) is 0.0328. The second kappa shape index (κ2) is 21.8. The first-order valence-electron chi connectivity index (χ1n) is 24.4. The molecule has 10 nitrogen and oxygen atoms in total. The third-order valence-corrected chi connectivity index (χ3v) is 14.6. The zero-order valence-electron chi connectivity index (χ0n) is 41.1. The Labute approximate surface area is 387 Å². The number of carbonyl (C=O) groups is 3. The highest BCUT2D eigenvalue weighted by Gasteiger charge is 2.48. The first-order chi connectivity index (χ1) is 31.1. The number of ether oxygens (including phenoxy) is 2. The number of hydrogen-bond acceptors (Lipinski definition) is 7. The molecule has 0 aromatic carbocycles. The molecule has 0 spiro atoms. The van der Waals surface area contributed by atoms with Crippen LogP contribution in [0, 0.1) is 56.3 Å². The van der Waals surface area contributed by atoms with Gasteiger partial charge in [-0.05, 0) is 124 Å². The summed E-state index contributed by atoms with van der Waals surface area (Å²) in [5, 5.41) is 15.5. The number of ketones is 1. The van der Waals surface area contributed by atoms with Gasteiger partial charge in [0.05, 0.1) is 19.1 Å². The number of methoxy groups -OCH3 is 1. The van der Waals surface area contributed by atoms with Crippen LogP contribution < -0.4 is 16.0 Å². The first kappa shape index (κ1) is 49.2. The summed E-state index contributed by atoms with van der Waals surface area (Å²) in [7, 11) is 1.31. The first-order valence-corrected chi connectivity index (χ1v) is 24.4. The molecule has 0 unspecified atom stereocenters. The molecular weight excluding hydrogens is 813 g/mol. The molecule has 352 valence electrons. The van der Waals surface area contributed by atoms with Crippen LogP contribution in [0.15, 0.2) is 29.3 Å². The molecule has 5 heterocycles. The molecule has 0 saturated carbocycles. The van der Waals surface area contributed by atoms with Crippen LogP contribution in [-0.4, -0.2) is 51.5 Å². The number of esters is 2. The summed E-state index contributed by atoms with van der Waals surface area (Å²) in [6.07, 6.45) is 23.6. The van der Waals surface area contributed by atoms with Gasteiger partial charge in [0.2, 0.25) is 0 Å². The number of allylic oxidation sites excluding steroid dienone is 3. The minimum absolute atomic E-state index is 0.130. The van der Waals surface area contributed by atoms with Crippen molar-refractivity contribution in [3.8, 4) is 0 Å². The third-order valence-electron chi connectivity index (χ3n) is 14.6. The van der Waals surface area contributed by atoms with Crippen LogP contribution in [0.3, 0.4) is 0 Å². The van der Waals surface area contributed by atoms with Gasteiger partial charge in [0.1, 0.15) is 12.5 Å². The number of aliphatic hydroxyl groups is 1. The lowest BCUT2D eigenvalue weighted by Gasteiger charge is -2.19. The molecule has 3 aromatic heterocycles. The highest BCUT2D eigenvalue weighted by atomic mass is 16.5. The predicted molar refractivity (Wildman–Crippen MR) is 263 cm³/mol. The van der Waals surface area contributed by atoms with Crippen LogP contribution in [0.1, 0.15) is 180 Å². The largest absolute Gasteiger partial charge is 0.516 e. The highest BCUT2D eigenvalue weighted by Crippen LogP contribution is 2.48. The lowest BCUT2D eigenvalue weighted by Crippen LogP contribution is -2.25. The van der Waals surface area contributed by atoms with E-state index in [0.717, 1.165) is 104 Å². The fraction of sp³-hybridized carbons (Fsp3) is 0.545. The molecule has 2 aliphatic heterocycles. The maximum Gasteiger partial charge on any atom is 0.321 e. The van der Waals surface area contributed by atoms with Gasteiger partial charge in [-0.3, -0.25) is 14.4 Å². The molecule has 3 aromatic rings.